The fraction of sp³-hybridized carbons (Fsp3) is 0.588. The van der Waals surface area contributed by atoms with Gasteiger partial charge >= 0.3 is 0 Å². The van der Waals surface area contributed by atoms with Gasteiger partial charge in [0.1, 0.15) is 0 Å². The van der Waals surface area contributed by atoms with E-state index in [4.69, 9.17) is 5.73 Å². The van der Waals surface area contributed by atoms with Crippen LogP contribution in [0.25, 0.3) is 0 Å². The minimum atomic E-state index is 0.131. The van der Waals surface area contributed by atoms with Crippen LogP contribution in [0.3, 0.4) is 0 Å². The number of nitrogens with one attached hydrogen (secondary N) is 1. The number of aryl methyl sites for hydroxylation is 1. The number of carbonyl (C=O) groups excluding carboxylic acids is 1. The average Bonchev–Trinajstić information content (AvgIpc) is 2.48. The van der Waals surface area contributed by atoms with Gasteiger partial charge in [-0.3, -0.25) is 9.69 Å². The first-order valence-corrected chi connectivity index (χ1v) is 7.94. The first kappa shape index (κ1) is 16.0. The van der Waals surface area contributed by atoms with E-state index in [2.05, 4.69) is 41.4 Å². The quantitative estimate of drug-likeness (QED) is 0.835. The van der Waals surface area contributed by atoms with Gasteiger partial charge in [-0.1, -0.05) is 30.3 Å². The van der Waals surface area contributed by atoms with E-state index in [1.54, 1.807) is 0 Å². The molecule has 1 amide bonds. The number of hydrogen-bond donors (Lipinski definition) is 2. The summed E-state index contributed by atoms with van der Waals surface area (Å²) in [6.45, 7) is 4.45. The lowest BCUT2D eigenvalue weighted by atomic mass is 10.1. The molecule has 1 atom stereocenters. The molecule has 0 spiro atoms. The van der Waals surface area contributed by atoms with Gasteiger partial charge in [-0.05, 0) is 38.2 Å². The van der Waals surface area contributed by atoms with Gasteiger partial charge < -0.3 is 11.1 Å². The summed E-state index contributed by atoms with van der Waals surface area (Å²) in [6, 6.07) is 10.9. The number of carbonyl (C=O) groups is 1. The first-order chi connectivity index (χ1) is 10.1. The standard InChI is InChI=1S/C17H27N3O/c1-14(7-8-15-5-3-2-4-6-15)19-17(21)13-20-11-9-16(18)10-12-20/h2-6,14,16H,7-13,18H2,1H3,(H,19,21). The molecular weight excluding hydrogens is 262 g/mol. The van der Waals surface area contributed by atoms with Gasteiger partial charge in [0, 0.05) is 25.2 Å². The Hall–Kier alpha value is -1.39. The number of amides is 1. The number of nitrogens with zero attached hydrogens (tertiary/aromatic N) is 1. The minimum absolute atomic E-state index is 0.131. The molecular formula is C17H27N3O. The molecule has 1 aliphatic rings. The topological polar surface area (TPSA) is 58.4 Å². The molecule has 4 heteroatoms. The Morgan fingerprint density at radius 3 is 2.67 bits per heavy atom. The molecule has 0 aliphatic carbocycles. The van der Waals surface area contributed by atoms with Gasteiger partial charge in [0.05, 0.1) is 6.54 Å². The fourth-order valence-corrected chi connectivity index (χ4v) is 2.73. The SMILES string of the molecule is CC(CCc1ccccc1)NC(=O)CN1CCC(N)CC1. The summed E-state index contributed by atoms with van der Waals surface area (Å²) in [4.78, 5) is 14.2. The predicted octanol–water partition coefficient (Wildman–Crippen LogP) is 1.55. The van der Waals surface area contributed by atoms with Crippen molar-refractivity contribution in [3.05, 3.63) is 35.9 Å². The number of likely N-dealkylation sites (tertiary alicyclic amines) is 1. The van der Waals surface area contributed by atoms with Crippen LogP contribution in [0.4, 0.5) is 0 Å². The molecule has 1 saturated heterocycles. The molecule has 116 valence electrons. The Labute approximate surface area is 127 Å². The van der Waals surface area contributed by atoms with E-state index < -0.39 is 0 Å². The van der Waals surface area contributed by atoms with Crippen LogP contribution in [0.5, 0.6) is 0 Å². The number of piperidine rings is 1. The van der Waals surface area contributed by atoms with Crippen LogP contribution in [0.2, 0.25) is 0 Å². The van der Waals surface area contributed by atoms with Crippen LogP contribution in [0, 0.1) is 0 Å². The minimum Gasteiger partial charge on any atom is -0.353 e. The van der Waals surface area contributed by atoms with Crippen LogP contribution in [0.1, 0.15) is 31.7 Å². The van der Waals surface area contributed by atoms with Crippen LogP contribution in [-0.4, -0.2) is 42.5 Å². The van der Waals surface area contributed by atoms with Crippen molar-refractivity contribution in [1.82, 2.24) is 10.2 Å². The van der Waals surface area contributed by atoms with Gasteiger partial charge in [0.15, 0.2) is 0 Å². The van der Waals surface area contributed by atoms with Crippen molar-refractivity contribution in [2.75, 3.05) is 19.6 Å². The van der Waals surface area contributed by atoms with Crippen molar-refractivity contribution < 1.29 is 4.79 Å². The van der Waals surface area contributed by atoms with Gasteiger partial charge in [0.2, 0.25) is 5.91 Å². The third kappa shape index (κ3) is 5.86. The fourth-order valence-electron chi connectivity index (χ4n) is 2.73. The van der Waals surface area contributed by atoms with E-state index in [1.165, 1.54) is 5.56 Å². The lowest BCUT2D eigenvalue weighted by Crippen LogP contribution is -2.46. The summed E-state index contributed by atoms with van der Waals surface area (Å²) in [6.07, 6.45) is 3.97. The van der Waals surface area contributed by atoms with Crippen LogP contribution < -0.4 is 11.1 Å². The maximum absolute atomic E-state index is 12.0. The monoisotopic (exact) mass is 289 g/mol. The smallest absolute Gasteiger partial charge is 0.234 e. The summed E-state index contributed by atoms with van der Waals surface area (Å²) in [5, 5.41) is 3.10. The number of rotatable bonds is 6. The Kier molecular flexibility index (Phi) is 6.21. The summed E-state index contributed by atoms with van der Waals surface area (Å²) < 4.78 is 0. The van der Waals surface area contributed by atoms with E-state index in [0.29, 0.717) is 12.6 Å². The molecule has 1 aromatic rings. The molecule has 1 unspecified atom stereocenters. The van der Waals surface area contributed by atoms with Crippen molar-refractivity contribution in [1.29, 1.82) is 0 Å². The van der Waals surface area contributed by atoms with Crippen molar-refractivity contribution in [2.24, 2.45) is 5.73 Å². The average molecular weight is 289 g/mol. The highest BCUT2D eigenvalue weighted by atomic mass is 16.2. The van der Waals surface area contributed by atoms with Gasteiger partial charge in [0.25, 0.3) is 0 Å². The summed E-state index contributed by atoms with van der Waals surface area (Å²) in [5.41, 5.74) is 7.20. The van der Waals surface area contributed by atoms with Crippen molar-refractivity contribution in [3.63, 3.8) is 0 Å². The Morgan fingerprint density at radius 1 is 1.33 bits per heavy atom. The Bertz CT molecular complexity index is 427. The molecule has 2 rings (SSSR count). The molecule has 0 bridgehead atoms. The van der Waals surface area contributed by atoms with E-state index >= 15 is 0 Å². The molecule has 1 aliphatic heterocycles. The first-order valence-electron chi connectivity index (χ1n) is 7.94. The number of benzene rings is 1. The lowest BCUT2D eigenvalue weighted by Gasteiger charge is -2.29. The zero-order chi connectivity index (χ0) is 15.1. The largest absolute Gasteiger partial charge is 0.353 e. The summed E-state index contributed by atoms with van der Waals surface area (Å²) in [5.74, 6) is 0.131. The van der Waals surface area contributed by atoms with E-state index in [-0.39, 0.29) is 11.9 Å². The molecule has 1 fully saturated rings. The molecule has 0 saturated carbocycles. The Morgan fingerprint density at radius 2 is 2.00 bits per heavy atom. The maximum atomic E-state index is 12.0. The molecule has 3 N–H and O–H groups in total. The highest BCUT2D eigenvalue weighted by molar-refractivity contribution is 5.78. The highest BCUT2D eigenvalue weighted by Crippen LogP contribution is 2.08. The summed E-state index contributed by atoms with van der Waals surface area (Å²) in [7, 11) is 0. The zero-order valence-electron chi connectivity index (χ0n) is 12.9. The van der Waals surface area contributed by atoms with Gasteiger partial charge in [-0.15, -0.1) is 0 Å². The highest BCUT2D eigenvalue weighted by Gasteiger charge is 2.18. The molecule has 1 aromatic carbocycles. The molecule has 4 nitrogen and oxygen atoms in total. The number of hydrogen-bond acceptors (Lipinski definition) is 3. The molecule has 1 heterocycles. The van der Waals surface area contributed by atoms with Crippen molar-refractivity contribution in [2.45, 2.75) is 44.7 Å². The van der Waals surface area contributed by atoms with Crippen molar-refractivity contribution in [3.8, 4) is 0 Å². The van der Waals surface area contributed by atoms with E-state index in [0.717, 1.165) is 38.8 Å². The third-order valence-electron chi connectivity index (χ3n) is 4.12. The van der Waals surface area contributed by atoms with Crippen LogP contribution in [-0.2, 0) is 11.2 Å². The van der Waals surface area contributed by atoms with E-state index in [1.807, 2.05) is 6.07 Å². The molecule has 0 aromatic heterocycles. The second kappa shape index (κ2) is 8.15. The summed E-state index contributed by atoms with van der Waals surface area (Å²) >= 11 is 0. The lowest BCUT2D eigenvalue weighted by molar-refractivity contribution is -0.123. The van der Waals surface area contributed by atoms with Crippen LogP contribution >= 0.6 is 0 Å². The van der Waals surface area contributed by atoms with Gasteiger partial charge in [-0.2, -0.15) is 0 Å². The molecule has 21 heavy (non-hydrogen) atoms. The second-order valence-electron chi connectivity index (χ2n) is 6.11. The Balaban J connectivity index is 1.65. The zero-order valence-corrected chi connectivity index (χ0v) is 12.9. The third-order valence-corrected chi connectivity index (χ3v) is 4.12. The normalized spacial score (nSPS) is 18.4. The van der Waals surface area contributed by atoms with Gasteiger partial charge in [-0.25, -0.2) is 0 Å². The maximum Gasteiger partial charge on any atom is 0.234 e. The van der Waals surface area contributed by atoms with Crippen LogP contribution in [0.15, 0.2) is 30.3 Å². The second-order valence-corrected chi connectivity index (χ2v) is 6.11. The van der Waals surface area contributed by atoms with E-state index in [9.17, 15) is 4.79 Å². The molecule has 0 radical (unpaired) electrons. The predicted molar refractivity (Wildman–Crippen MR) is 86.0 cm³/mol. The number of nitrogens with two attached hydrogens (primary N) is 1. The van der Waals surface area contributed by atoms with Crippen molar-refractivity contribution >= 4 is 5.91 Å².